The first kappa shape index (κ1) is 19.3. The van der Waals surface area contributed by atoms with Crippen molar-refractivity contribution in [3.63, 3.8) is 0 Å². The Bertz CT molecular complexity index is 745. The summed E-state index contributed by atoms with van der Waals surface area (Å²) in [6, 6.07) is 14.1. The molecule has 0 aliphatic carbocycles. The van der Waals surface area contributed by atoms with Crippen LogP contribution in [0.25, 0.3) is 0 Å². The molecule has 2 rings (SSSR count). The van der Waals surface area contributed by atoms with Crippen molar-refractivity contribution in [2.24, 2.45) is 0 Å². The minimum atomic E-state index is -0.601. The number of esters is 1. The maximum absolute atomic E-state index is 12.2. The van der Waals surface area contributed by atoms with Gasteiger partial charge >= 0.3 is 5.97 Å². The highest BCUT2D eigenvalue weighted by molar-refractivity contribution is 5.92. The van der Waals surface area contributed by atoms with Crippen LogP contribution < -0.4 is 14.8 Å². The molecule has 0 aromatic heterocycles. The fourth-order valence-electron chi connectivity index (χ4n) is 2.39. The summed E-state index contributed by atoms with van der Waals surface area (Å²) >= 11 is 0. The SMILES string of the molecule is CCOc1cc(C(=O)OCC(=O)NC(C)c2ccccc2)ccc1OC. The molecule has 1 unspecified atom stereocenters. The molecule has 6 nitrogen and oxygen atoms in total. The molecule has 0 heterocycles. The van der Waals surface area contributed by atoms with Crippen LogP contribution in [0.5, 0.6) is 11.5 Å². The average molecular weight is 357 g/mol. The summed E-state index contributed by atoms with van der Waals surface area (Å²) in [5.41, 5.74) is 1.27. The van der Waals surface area contributed by atoms with Gasteiger partial charge in [-0.2, -0.15) is 0 Å². The number of rotatable bonds is 8. The predicted octanol–water partition coefficient (Wildman–Crippen LogP) is 3.13. The monoisotopic (exact) mass is 357 g/mol. The van der Waals surface area contributed by atoms with Crippen molar-refractivity contribution < 1.29 is 23.8 Å². The Balaban J connectivity index is 1.91. The number of carbonyl (C=O) groups excluding carboxylic acids is 2. The third-order valence-electron chi connectivity index (χ3n) is 3.71. The van der Waals surface area contributed by atoms with E-state index in [1.807, 2.05) is 44.2 Å². The molecule has 1 N–H and O–H groups in total. The summed E-state index contributed by atoms with van der Waals surface area (Å²) < 4.78 is 15.7. The quantitative estimate of drug-likeness (QED) is 0.735. The van der Waals surface area contributed by atoms with E-state index in [1.165, 1.54) is 13.2 Å². The van der Waals surface area contributed by atoms with Gasteiger partial charge in [-0.15, -0.1) is 0 Å². The molecule has 1 atom stereocenters. The van der Waals surface area contributed by atoms with Crippen LogP contribution in [0.15, 0.2) is 48.5 Å². The van der Waals surface area contributed by atoms with Crippen LogP contribution in [0.4, 0.5) is 0 Å². The van der Waals surface area contributed by atoms with Crippen LogP contribution in [-0.2, 0) is 9.53 Å². The lowest BCUT2D eigenvalue weighted by molar-refractivity contribution is -0.124. The van der Waals surface area contributed by atoms with Crippen LogP contribution in [0, 0.1) is 0 Å². The van der Waals surface area contributed by atoms with Gasteiger partial charge in [0.05, 0.1) is 25.3 Å². The molecular weight excluding hydrogens is 334 g/mol. The van der Waals surface area contributed by atoms with Crippen LogP contribution in [0.2, 0.25) is 0 Å². The number of amides is 1. The molecular formula is C20H23NO5. The second-order valence-electron chi connectivity index (χ2n) is 5.57. The minimum absolute atomic E-state index is 0.173. The molecule has 0 saturated carbocycles. The number of methoxy groups -OCH3 is 1. The van der Waals surface area contributed by atoms with E-state index in [1.54, 1.807) is 12.1 Å². The molecule has 2 aromatic carbocycles. The molecule has 6 heteroatoms. The molecule has 138 valence electrons. The zero-order valence-corrected chi connectivity index (χ0v) is 15.2. The van der Waals surface area contributed by atoms with Crippen LogP contribution >= 0.6 is 0 Å². The molecule has 26 heavy (non-hydrogen) atoms. The van der Waals surface area contributed by atoms with Gasteiger partial charge < -0.3 is 19.5 Å². The van der Waals surface area contributed by atoms with E-state index >= 15 is 0 Å². The van der Waals surface area contributed by atoms with Gasteiger partial charge in [0, 0.05) is 0 Å². The summed E-state index contributed by atoms with van der Waals surface area (Å²) in [5, 5.41) is 2.79. The lowest BCUT2D eigenvalue weighted by atomic mass is 10.1. The van der Waals surface area contributed by atoms with Crippen LogP contribution in [-0.4, -0.2) is 32.2 Å². The lowest BCUT2D eigenvalue weighted by Crippen LogP contribution is -2.31. The Morgan fingerprint density at radius 2 is 1.81 bits per heavy atom. The van der Waals surface area contributed by atoms with Crippen molar-refractivity contribution in [1.82, 2.24) is 5.32 Å². The smallest absolute Gasteiger partial charge is 0.338 e. The Kier molecular flexibility index (Phi) is 7.02. The summed E-state index contributed by atoms with van der Waals surface area (Å²) in [6.07, 6.45) is 0. The van der Waals surface area contributed by atoms with Gasteiger partial charge in [0.25, 0.3) is 5.91 Å². The minimum Gasteiger partial charge on any atom is -0.493 e. The van der Waals surface area contributed by atoms with E-state index in [-0.39, 0.29) is 24.1 Å². The molecule has 0 bridgehead atoms. The first-order chi connectivity index (χ1) is 12.5. The second-order valence-corrected chi connectivity index (χ2v) is 5.57. The Morgan fingerprint density at radius 1 is 1.08 bits per heavy atom. The molecule has 0 aliphatic heterocycles. The van der Waals surface area contributed by atoms with Crippen molar-refractivity contribution in [3.8, 4) is 11.5 Å². The zero-order valence-electron chi connectivity index (χ0n) is 15.2. The maximum atomic E-state index is 12.2. The molecule has 0 saturated heterocycles. The van der Waals surface area contributed by atoms with Crippen LogP contribution in [0.1, 0.15) is 35.8 Å². The average Bonchev–Trinajstić information content (AvgIpc) is 2.67. The maximum Gasteiger partial charge on any atom is 0.338 e. The molecule has 0 spiro atoms. The second kappa shape index (κ2) is 9.46. The van der Waals surface area contributed by atoms with Gasteiger partial charge in [0.2, 0.25) is 0 Å². The van der Waals surface area contributed by atoms with Crippen LogP contribution in [0.3, 0.4) is 0 Å². The number of nitrogens with one attached hydrogen (secondary N) is 1. The third-order valence-corrected chi connectivity index (χ3v) is 3.71. The van der Waals surface area contributed by atoms with Crippen molar-refractivity contribution in [3.05, 3.63) is 59.7 Å². The fraction of sp³-hybridized carbons (Fsp3) is 0.300. The highest BCUT2D eigenvalue weighted by Gasteiger charge is 2.15. The summed E-state index contributed by atoms with van der Waals surface area (Å²) in [7, 11) is 1.52. The lowest BCUT2D eigenvalue weighted by Gasteiger charge is -2.14. The van der Waals surface area contributed by atoms with E-state index in [2.05, 4.69) is 5.32 Å². The zero-order chi connectivity index (χ0) is 18.9. The third kappa shape index (κ3) is 5.24. The number of carbonyl (C=O) groups is 2. The van der Waals surface area contributed by atoms with E-state index < -0.39 is 5.97 Å². The molecule has 2 aromatic rings. The first-order valence-electron chi connectivity index (χ1n) is 8.37. The van der Waals surface area contributed by atoms with E-state index in [0.717, 1.165) is 5.56 Å². The summed E-state index contributed by atoms with van der Waals surface area (Å²) in [6.45, 7) is 3.79. The van der Waals surface area contributed by atoms with Gasteiger partial charge in [-0.3, -0.25) is 4.79 Å². The molecule has 0 fully saturated rings. The number of ether oxygens (including phenoxy) is 3. The largest absolute Gasteiger partial charge is 0.493 e. The topological polar surface area (TPSA) is 73.9 Å². The number of hydrogen-bond donors (Lipinski definition) is 1. The Morgan fingerprint density at radius 3 is 2.46 bits per heavy atom. The van der Waals surface area contributed by atoms with Gasteiger partial charge in [-0.25, -0.2) is 4.79 Å². The van der Waals surface area contributed by atoms with Gasteiger partial charge in [0.1, 0.15) is 0 Å². The molecule has 0 radical (unpaired) electrons. The highest BCUT2D eigenvalue weighted by atomic mass is 16.5. The number of hydrogen-bond acceptors (Lipinski definition) is 5. The van der Waals surface area contributed by atoms with Crippen molar-refractivity contribution >= 4 is 11.9 Å². The highest BCUT2D eigenvalue weighted by Crippen LogP contribution is 2.28. The van der Waals surface area contributed by atoms with E-state index in [4.69, 9.17) is 14.2 Å². The molecule has 0 aliphatic rings. The van der Waals surface area contributed by atoms with Crippen molar-refractivity contribution in [1.29, 1.82) is 0 Å². The summed E-state index contributed by atoms with van der Waals surface area (Å²) in [4.78, 5) is 24.2. The van der Waals surface area contributed by atoms with Crippen molar-refractivity contribution in [2.75, 3.05) is 20.3 Å². The predicted molar refractivity (Wildman–Crippen MR) is 97.4 cm³/mol. The van der Waals surface area contributed by atoms with Gasteiger partial charge in [0.15, 0.2) is 18.1 Å². The Hall–Kier alpha value is -3.02. The van der Waals surface area contributed by atoms with Crippen molar-refractivity contribution in [2.45, 2.75) is 19.9 Å². The summed E-state index contributed by atoms with van der Waals surface area (Å²) in [5.74, 6) is 0.00815. The van der Waals surface area contributed by atoms with E-state index in [9.17, 15) is 9.59 Å². The first-order valence-corrected chi connectivity index (χ1v) is 8.37. The number of benzene rings is 2. The Labute approximate surface area is 153 Å². The van der Waals surface area contributed by atoms with Gasteiger partial charge in [-0.1, -0.05) is 30.3 Å². The van der Waals surface area contributed by atoms with Gasteiger partial charge in [-0.05, 0) is 37.6 Å². The fourth-order valence-corrected chi connectivity index (χ4v) is 2.39. The normalized spacial score (nSPS) is 11.3. The standard InChI is InChI=1S/C20H23NO5/c1-4-25-18-12-16(10-11-17(18)24-3)20(23)26-13-19(22)21-14(2)15-8-6-5-7-9-15/h5-12,14H,4,13H2,1-3H3,(H,21,22). The molecule has 1 amide bonds. The van der Waals surface area contributed by atoms with E-state index in [0.29, 0.717) is 18.1 Å².